The fraction of sp³-hybridized carbons (Fsp3) is 0.875. The molecule has 0 saturated heterocycles. The molecule has 0 aromatic heterocycles. The third kappa shape index (κ3) is 2.14. The van der Waals surface area contributed by atoms with Crippen LogP contribution in [0.3, 0.4) is 0 Å². The normalized spacial score (nSPS) is 17.1. The van der Waals surface area contributed by atoms with Crippen molar-refractivity contribution in [1.82, 2.24) is 0 Å². The second kappa shape index (κ2) is 3.66. The molecule has 0 saturated carbocycles. The van der Waals surface area contributed by atoms with E-state index in [-0.39, 0.29) is 0 Å². The number of carboxylic acids is 1. The van der Waals surface area contributed by atoms with E-state index in [9.17, 15) is 4.79 Å². The number of nitrogens with two attached hydrogens (primary N) is 1. The molecule has 3 nitrogen and oxygen atoms in total. The molecule has 12 heavy (non-hydrogen) atoms. The second-order valence-corrected chi connectivity index (χ2v) is 4.69. The highest BCUT2D eigenvalue weighted by Gasteiger charge is 2.43. The number of aliphatic carboxylic acids is 1. The first-order chi connectivity index (χ1) is 5.25. The summed E-state index contributed by atoms with van der Waals surface area (Å²) in [5.41, 5.74) is 4.16. The van der Waals surface area contributed by atoms with Gasteiger partial charge in [-0.2, -0.15) is 11.8 Å². The minimum absolute atomic E-state index is 0.391. The van der Waals surface area contributed by atoms with Gasteiger partial charge in [0.05, 0.1) is 0 Å². The van der Waals surface area contributed by atoms with E-state index in [0.29, 0.717) is 0 Å². The van der Waals surface area contributed by atoms with Gasteiger partial charge in [0.15, 0.2) is 0 Å². The molecule has 0 spiro atoms. The Balaban J connectivity index is 4.62. The first-order valence-electron chi connectivity index (χ1n) is 3.77. The Hall–Kier alpha value is -0.220. The van der Waals surface area contributed by atoms with Gasteiger partial charge in [0.2, 0.25) is 0 Å². The predicted molar refractivity (Wildman–Crippen MR) is 52.4 cm³/mol. The Labute approximate surface area is 77.7 Å². The van der Waals surface area contributed by atoms with Gasteiger partial charge in [-0.25, -0.2) is 0 Å². The van der Waals surface area contributed by atoms with Crippen molar-refractivity contribution in [2.45, 2.75) is 26.3 Å². The van der Waals surface area contributed by atoms with Gasteiger partial charge in [-0.15, -0.1) is 0 Å². The fourth-order valence-corrected chi connectivity index (χ4v) is 1.82. The van der Waals surface area contributed by atoms with Crippen LogP contribution in [0.4, 0.5) is 0 Å². The van der Waals surface area contributed by atoms with E-state index in [2.05, 4.69) is 0 Å². The van der Waals surface area contributed by atoms with Crippen LogP contribution in [0.2, 0.25) is 0 Å². The van der Waals surface area contributed by atoms with Crippen molar-refractivity contribution in [2.24, 2.45) is 11.1 Å². The Morgan fingerprint density at radius 1 is 1.50 bits per heavy atom. The summed E-state index contributed by atoms with van der Waals surface area (Å²) in [7, 11) is 0. The van der Waals surface area contributed by atoms with Crippen LogP contribution in [0, 0.1) is 5.41 Å². The molecule has 0 aliphatic carbocycles. The van der Waals surface area contributed by atoms with Crippen LogP contribution in [0.25, 0.3) is 0 Å². The number of carbonyl (C=O) groups is 1. The van der Waals surface area contributed by atoms with Crippen LogP contribution in [-0.2, 0) is 4.79 Å². The lowest BCUT2D eigenvalue weighted by Gasteiger charge is -2.37. The van der Waals surface area contributed by atoms with E-state index in [0.717, 1.165) is 5.75 Å². The van der Waals surface area contributed by atoms with Crippen molar-refractivity contribution in [3.05, 3.63) is 0 Å². The van der Waals surface area contributed by atoms with E-state index in [1.165, 1.54) is 0 Å². The largest absolute Gasteiger partial charge is 0.480 e. The van der Waals surface area contributed by atoms with Crippen molar-refractivity contribution < 1.29 is 9.90 Å². The zero-order valence-corrected chi connectivity index (χ0v) is 8.86. The molecule has 4 heteroatoms. The third-order valence-electron chi connectivity index (χ3n) is 2.36. The highest BCUT2D eigenvalue weighted by Crippen LogP contribution is 2.31. The highest BCUT2D eigenvalue weighted by molar-refractivity contribution is 7.98. The molecule has 1 atom stereocenters. The van der Waals surface area contributed by atoms with Crippen LogP contribution in [-0.4, -0.2) is 28.6 Å². The van der Waals surface area contributed by atoms with Crippen LogP contribution in [0.5, 0.6) is 0 Å². The maximum absolute atomic E-state index is 10.8. The maximum atomic E-state index is 10.8. The number of rotatable bonds is 4. The Morgan fingerprint density at radius 2 is 1.92 bits per heavy atom. The molecule has 0 aliphatic rings. The summed E-state index contributed by atoms with van der Waals surface area (Å²) in [6.45, 7) is 5.31. The zero-order chi connectivity index (χ0) is 9.99. The molecular formula is C8H17NO2S. The topological polar surface area (TPSA) is 63.3 Å². The Bertz CT molecular complexity index is 178. The standard InChI is InChI=1S/C8H17NO2S/c1-7(2,5-12-4)8(3,9)6(10)11/h5,9H2,1-4H3,(H,10,11). The van der Waals surface area contributed by atoms with Crippen molar-refractivity contribution >= 4 is 17.7 Å². The van der Waals surface area contributed by atoms with Gasteiger partial charge in [-0.05, 0) is 13.2 Å². The summed E-state index contributed by atoms with van der Waals surface area (Å²) >= 11 is 1.61. The van der Waals surface area contributed by atoms with Gasteiger partial charge < -0.3 is 10.8 Å². The van der Waals surface area contributed by atoms with Gasteiger partial charge in [0.25, 0.3) is 0 Å². The SMILES string of the molecule is CSCC(C)(C)C(C)(N)C(=O)O. The molecule has 0 fully saturated rings. The van der Waals surface area contributed by atoms with Gasteiger partial charge >= 0.3 is 5.97 Å². The quantitative estimate of drug-likeness (QED) is 0.700. The first-order valence-corrected chi connectivity index (χ1v) is 5.16. The highest BCUT2D eigenvalue weighted by atomic mass is 32.2. The number of carboxylic acid groups (broad SMARTS) is 1. The molecule has 0 rings (SSSR count). The molecule has 0 heterocycles. The molecular weight excluding hydrogens is 174 g/mol. The average Bonchev–Trinajstić information content (AvgIpc) is 1.86. The lowest BCUT2D eigenvalue weighted by atomic mass is 9.75. The summed E-state index contributed by atoms with van der Waals surface area (Å²) in [6.07, 6.45) is 1.94. The summed E-state index contributed by atoms with van der Waals surface area (Å²) in [5, 5.41) is 8.87. The molecule has 0 aliphatic heterocycles. The smallest absolute Gasteiger partial charge is 0.323 e. The van der Waals surface area contributed by atoms with Crippen molar-refractivity contribution in [3.8, 4) is 0 Å². The summed E-state index contributed by atoms with van der Waals surface area (Å²) in [5.74, 6) is -0.201. The van der Waals surface area contributed by atoms with Gasteiger partial charge in [-0.1, -0.05) is 13.8 Å². The minimum atomic E-state index is -1.16. The third-order valence-corrected chi connectivity index (χ3v) is 3.37. The molecule has 3 N–H and O–H groups in total. The van der Waals surface area contributed by atoms with Crippen LogP contribution in [0.15, 0.2) is 0 Å². The molecule has 1 unspecified atom stereocenters. The van der Waals surface area contributed by atoms with Crippen LogP contribution >= 0.6 is 11.8 Å². The number of hydrogen-bond donors (Lipinski definition) is 2. The molecule has 0 aromatic carbocycles. The maximum Gasteiger partial charge on any atom is 0.323 e. The van der Waals surface area contributed by atoms with Crippen molar-refractivity contribution in [3.63, 3.8) is 0 Å². The van der Waals surface area contributed by atoms with E-state index in [4.69, 9.17) is 10.8 Å². The van der Waals surface area contributed by atoms with Gasteiger partial charge in [0, 0.05) is 11.2 Å². The lowest BCUT2D eigenvalue weighted by Crippen LogP contribution is -2.57. The Kier molecular flexibility index (Phi) is 3.59. The van der Waals surface area contributed by atoms with Gasteiger partial charge in [0.1, 0.15) is 5.54 Å². The number of hydrogen-bond acceptors (Lipinski definition) is 3. The van der Waals surface area contributed by atoms with Crippen molar-refractivity contribution in [2.75, 3.05) is 12.0 Å². The van der Waals surface area contributed by atoms with Crippen molar-refractivity contribution in [1.29, 1.82) is 0 Å². The number of thioether (sulfide) groups is 1. The fourth-order valence-electron chi connectivity index (χ4n) is 0.800. The predicted octanol–water partition coefficient (Wildman–Crippen LogP) is 1.18. The molecule has 72 valence electrons. The first kappa shape index (κ1) is 11.8. The van der Waals surface area contributed by atoms with Crippen LogP contribution < -0.4 is 5.73 Å². The lowest BCUT2D eigenvalue weighted by molar-refractivity contribution is -0.146. The minimum Gasteiger partial charge on any atom is -0.480 e. The summed E-state index contributed by atoms with van der Waals surface area (Å²) < 4.78 is 0. The van der Waals surface area contributed by atoms with E-state index in [1.54, 1.807) is 18.7 Å². The van der Waals surface area contributed by atoms with Gasteiger partial charge in [-0.3, -0.25) is 4.79 Å². The second-order valence-electron chi connectivity index (χ2n) is 3.82. The van der Waals surface area contributed by atoms with E-state index < -0.39 is 16.9 Å². The molecule has 0 radical (unpaired) electrons. The molecule has 0 aromatic rings. The summed E-state index contributed by atoms with van der Waals surface area (Å²) in [4.78, 5) is 10.8. The van der Waals surface area contributed by atoms with E-state index in [1.807, 2.05) is 20.1 Å². The van der Waals surface area contributed by atoms with Crippen LogP contribution in [0.1, 0.15) is 20.8 Å². The Morgan fingerprint density at radius 3 is 2.17 bits per heavy atom. The molecule has 0 bridgehead atoms. The summed E-state index contributed by atoms with van der Waals surface area (Å²) in [6, 6.07) is 0. The monoisotopic (exact) mass is 191 g/mol. The zero-order valence-electron chi connectivity index (χ0n) is 8.05. The van der Waals surface area contributed by atoms with E-state index >= 15 is 0 Å². The average molecular weight is 191 g/mol. The molecule has 0 amide bonds.